The zero-order chi connectivity index (χ0) is 19.2. The van der Waals surface area contributed by atoms with Crippen molar-refractivity contribution in [3.05, 3.63) is 53.7 Å². The smallest absolute Gasteiger partial charge is 0.258 e. The van der Waals surface area contributed by atoms with E-state index in [9.17, 15) is 9.18 Å². The van der Waals surface area contributed by atoms with E-state index in [0.29, 0.717) is 12.3 Å². The molecule has 1 fully saturated rings. The maximum atomic E-state index is 12.9. The molecule has 1 aliphatic rings. The standard InChI is InChI=1S/C21H27FN2O3/c1-15-9-11-24(12-10-15)19(20-8-3-16(2)27-20)13-23-21(25)14-26-18-6-4-17(22)5-7-18/h3-8,15,19H,9-14H2,1-2H3,(H,23,25). The minimum Gasteiger partial charge on any atom is -0.484 e. The highest BCUT2D eigenvalue weighted by molar-refractivity contribution is 5.77. The van der Waals surface area contributed by atoms with Crippen molar-refractivity contribution in [2.45, 2.75) is 32.7 Å². The minimum atomic E-state index is -0.334. The number of nitrogens with zero attached hydrogens (tertiary/aromatic N) is 1. The monoisotopic (exact) mass is 374 g/mol. The summed E-state index contributed by atoms with van der Waals surface area (Å²) in [5.41, 5.74) is 0. The number of benzene rings is 1. The fraction of sp³-hybridized carbons (Fsp3) is 0.476. The number of aryl methyl sites for hydroxylation is 1. The van der Waals surface area contributed by atoms with Gasteiger partial charge in [0.25, 0.3) is 5.91 Å². The molecular formula is C21H27FN2O3. The first-order valence-corrected chi connectivity index (χ1v) is 9.46. The molecule has 1 atom stereocenters. The van der Waals surface area contributed by atoms with Crippen LogP contribution >= 0.6 is 0 Å². The average molecular weight is 374 g/mol. The van der Waals surface area contributed by atoms with Crippen LogP contribution in [0, 0.1) is 18.7 Å². The van der Waals surface area contributed by atoms with Crippen molar-refractivity contribution in [3.63, 3.8) is 0 Å². The van der Waals surface area contributed by atoms with E-state index in [2.05, 4.69) is 17.1 Å². The first-order valence-electron chi connectivity index (χ1n) is 9.46. The predicted octanol–water partition coefficient (Wildman–Crippen LogP) is 3.70. The van der Waals surface area contributed by atoms with Crippen LogP contribution in [0.15, 0.2) is 40.8 Å². The summed E-state index contributed by atoms with van der Waals surface area (Å²) in [6, 6.07) is 9.58. The molecule has 3 rings (SSSR count). The minimum absolute atomic E-state index is 0.0148. The summed E-state index contributed by atoms with van der Waals surface area (Å²) in [5, 5.41) is 2.94. The van der Waals surface area contributed by atoms with Gasteiger partial charge in [0.15, 0.2) is 6.61 Å². The number of amides is 1. The Balaban J connectivity index is 1.55. The second-order valence-electron chi connectivity index (χ2n) is 7.23. The number of nitrogens with one attached hydrogen (secondary N) is 1. The highest BCUT2D eigenvalue weighted by Gasteiger charge is 2.27. The molecule has 0 saturated carbocycles. The van der Waals surface area contributed by atoms with Gasteiger partial charge in [-0.25, -0.2) is 4.39 Å². The molecule has 1 aliphatic heterocycles. The first kappa shape index (κ1) is 19.4. The van der Waals surface area contributed by atoms with Crippen LogP contribution in [-0.2, 0) is 4.79 Å². The Labute approximate surface area is 159 Å². The molecule has 0 radical (unpaired) electrons. The Morgan fingerprint density at radius 3 is 2.59 bits per heavy atom. The highest BCUT2D eigenvalue weighted by atomic mass is 19.1. The molecule has 146 valence electrons. The number of carbonyl (C=O) groups is 1. The lowest BCUT2D eigenvalue weighted by Crippen LogP contribution is -2.42. The number of carbonyl (C=O) groups excluding carboxylic acids is 1. The van der Waals surface area contributed by atoms with Crippen molar-refractivity contribution >= 4 is 5.91 Å². The largest absolute Gasteiger partial charge is 0.484 e. The van der Waals surface area contributed by atoms with Crippen LogP contribution in [0.25, 0.3) is 0 Å². The van der Waals surface area contributed by atoms with E-state index in [1.54, 1.807) is 0 Å². The van der Waals surface area contributed by atoms with Crippen LogP contribution in [0.1, 0.15) is 37.3 Å². The SMILES string of the molecule is Cc1ccc(C(CNC(=O)COc2ccc(F)cc2)N2CCC(C)CC2)o1. The van der Waals surface area contributed by atoms with Gasteiger partial charge in [-0.2, -0.15) is 0 Å². The van der Waals surface area contributed by atoms with Gasteiger partial charge in [-0.1, -0.05) is 6.92 Å². The second-order valence-corrected chi connectivity index (χ2v) is 7.23. The van der Waals surface area contributed by atoms with Crippen molar-refractivity contribution in [2.24, 2.45) is 5.92 Å². The number of rotatable bonds is 7. The molecule has 2 heterocycles. The van der Waals surface area contributed by atoms with Gasteiger partial charge >= 0.3 is 0 Å². The Hall–Kier alpha value is -2.34. The fourth-order valence-electron chi connectivity index (χ4n) is 3.32. The van der Waals surface area contributed by atoms with E-state index in [-0.39, 0.29) is 24.4 Å². The summed E-state index contributed by atoms with van der Waals surface area (Å²) in [4.78, 5) is 14.6. The lowest BCUT2D eigenvalue weighted by molar-refractivity contribution is -0.123. The summed E-state index contributed by atoms with van der Waals surface area (Å²) in [5.74, 6) is 2.40. The lowest BCUT2D eigenvalue weighted by atomic mass is 9.97. The van der Waals surface area contributed by atoms with Crippen molar-refractivity contribution in [3.8, 4) is 5.75 Å². The number of hydrogen-bond donors (Lipinski definition) is 1. The third-order valence-electron chi connectivity index (χ3n) is 5.02. The van der Waals surface area contributed by atoms with Gasteiger partial charge in [0, 0.05) is 6.54 Å². The number of ether oxygens (including phenoxy) is 1. The van der Waals surface area contributed by atoms with Crippen LogP contribution in [0.4, 0.5) is 4.39 Å². The van der Waals surface area contributed by atoms with E-state index in [1.807, 2.05) is 19.1 Å². The van der Waals surface area contributed by atoms with Gasteiger partial charge in [0.05, 0.1) is 6.04 Å². The zero-order valence-corrected chi connectivity index (χ0v) is 15.9. The third kappa shape index (κ3) is 5.57. The molecule has 1 aromatic heterocycles. The van der Waals surface area contributed by atoms with Crippen LogP contribution in [0.3, 0.4) is 0 Å². The van der Waals surface area contributed by atoms with Crippen molar-refractivity contribution < 1.29 is 18.3 Å². The fourth-order valence-corrected chi connectivity index (χ4v) is 3.32. The number of piperidine rings is 1. The van der Waals surface area contributed by atoms with Crippen LogP contribution in [0.5, 0.6) is 5.75 Å². The molecule has 0 aliphatic carbocycles. The number of likely N-dealkylation sites (tertiary alicyclic amines) is 1. The van der Waals surface area contributed by atoms with Crippen LogP contribution in [0.2, 0.25) is 0 Å². The van der Waals surface area contributed by atoms with E-state index in [0.717, 1.165) is 43.4 Å². The molecule has 1 unspecified atom stereocenters. The van der Waals surface area contributed by atoms with Gasteiger partial charge in [-0.15, -0.1) is 0 Å². The summed E-state index contributed by atoms with van der Waals surface area (Å²) >= 11 is 0. The Morgan fingerprint density at radius 1 is 1.26 bits per heavy atom. The predicted molar refractivity (Wildman–Crippen MR) is 101 cm³/mol. The molecular weight excluding hydrogens is 347 g/mol. The van der Waals surface area contributed by atoms with Crippen molar-refractivity contribution in [2.75, 3.05) is 26.2 Å². The van der Waals surface area contributed by atoms with E-state index in [4.69, 9.17) is 9.15 Å². The summed E-state index contributed by atoms with van der Waals surface area (Å²) < 4.78 is 24.2. The Kier molecular flexibility index (Phi) is 6.50. The molecule has 27 heavy (non-hydrogen) atoms. The molecule has 0 bridgehead atoms. The van der Waals surface area contributed by atoms with Crippen molar-refractivity contribution in [1.82, 2.24) is 10.2 Å². The maximum absolute atomic E-state index is 12.9. The molecule has 0 spiro atoms. The van der Waals surface area contributed by atoms with Gasteiger partial charge in [-0.05, 0) is 75.2 Å². The summed E-state index contributed by atoms with van der Waals surface area (Å²) in [6.45, 7) is 6.55. The Morgan fingerprint density at radius 2 is 1.96 bits per heavy atom. The second kappa shape index (κ2) is 9.04. The van der Waals surface area contributed by atoms with E-state index in [1.165, 1.54) is 24.3 Å². The summed E-state index contributed by atoms with van der Waals surface area (Å²) in [7, 11) is 0. The normalized spacial score (nSPS) is 16.9. The third-order valence-corrected chi connectivity index (χ3v) is 5.02. The number of halogens is 1. The zero-order valence-electron chi connectivity index (χ0n) is 15.9. The first-order chi connectivity index (χ1) is 13.0. The van der Waals surface area contributed by atoms with Crippen LogP contribution < -0.4 is 10.1 Å². The molecule has 2 aromatic rings. The topological polar surface area (TPSA) is 54.7 Å². The highest BCUT2D eigenvalue weighted by Crippen LogP contribution is 2.27. The average Bonchev–Trinajstić information content (AvgIpc) is 3.09. The molecule has 1 aromatic carbocycles. The van der Waals surface area contributed by atoms with Gasteiger partial charge in [0.2, 0.25) is 0 Å². The van der Waals surface area contributed by atoms with Crippen LogP contribution in [-0.4, -0.2) is 37.0 Å². The molecule has 1 N–H and O–H groups in total. The maximum Gasteiger partial charge on any atom is 0.258 e. The number of hydrogen-bond acceptors (Lipinski definition) is 4. The summed E-state index contributed by atoms with van der Waals surface area (Å²) in [6.07, 6.45) is 2.30. The molecule has 1 amide bonds. The number of furan rings is 1. The van der Waals surface area contributed by atoms with Gasteiger partial charge in [-0.3, -0.25) is 9.69 Å². The van der Waals surface area contributed by atoms with E-state index >= 15 is 0 Å². The van der Waals surface area contributed by atoms with Crippen molar-refractivity contribution in [1.29, 1.82) is 0 Å². The Bertz CT molecular complexity index is 736. The molecule has 1 saturated heterocycles. The quantitative estimate of drug-likeness (QED) is 0.803. The van der Waals surface area contributed by atoms with Gasteiger partial charge in [0.1, 0.15) is 23.1 Å². The van der Waals surface area contributed by atoms with Gasteiger partial charge < -0.3 is 14.5 Å². The molecule has 5 nitrogen and oxygen atoms in total. The van der Waals surface area contributed by atoms with E-state index < -0.39 is 0 Å². The molecule has 6 heteroatoms. The lowest BCUT2D eigenvalue weighted by Gasteiger charge is -2.35.